The zero-order chi connectivity index (χ0) is 53.3. The Bertz CT molecular complexity index is 1930. The van der Waals surface area contributed by atoms with Crippen LogP contribution in [0.15, 0.2) is 17.3 Å². The number of likely N-dealkylation sites (N-methyl/N-ethyl adjacent to an activating group) is 1. The first-order chi connectivity index (χ1) is 32.3. The maximum atomic E-state index is 14.8. The fourth-order valence-corrected chi connectivity index (χ4v) is 10.4. The van der Waals surface area contributed by atoms with Crippen molar-refractivity contribution in [3.63, 3.8) is 0 Å². The van der Waals surface area contributed by atoms with Crippen LogP contribution in [0.5, 0.6) is 0 Å². The molecule has 0 saturated carbocycles. The van der Waals surface area contributed by atoms with Gasteiger partial charge in [-0.1, -0.05) is 45.0 Å². The molecule has 70 heavy (non-hydrogen) atoms. The lowest BCUT2D eigenvalue weighted by Gasteiger charge is -2.50. The molecule has 0 bridgehead atoms. The largest absolute Gasteiger partial charge is 0.459 e. The molecule has 0 aliphatic carbocycles. The number of hydrogen-bond acceptors (Lipinski definition) is 21. The fraction of sp³-hybridized carbons (Fsp3) is 0.854. The summed E-state index contributed by atoms with van der Waals surface area (Å²) in [5.41, 5.74) is -4.64. The lowest BCUT2D eigenvalue weighted by molar-refractivity contribution is -0.321. The van der Waals surface area contributed by atoms with E-state index in [0.29, 0.717) is 6.42 Å². The molecule has 3 fully saturated rings. The van der Waals surface area contributed by atoms with Gasteiger partial charge in [0.25, 0.3) is 10.1 Å². The predicted molar refractivity (Wildman–Crippen MR) is 253 cm³/mol. The van der Waals surface area contributed by atoms with Gasteiger partial charge in [0.05, 0.1) is 73.3 Å². The smallest absolute Gasteiger partial charge is 0.331 e. The first kappa shape index (κ1) is 61.1. The minimum Gasteiger partial charge on any atom is -0.459 e. The van der Waals surface area contributed by atoms with Gasteiger partial charge in [-0.2, -0.15) is 8.42 Å². The maximum absolute atomic E-state index is 14.8. The summed E-state index contributed by atoms with van der Waals surface area (Å²) in [6, 6.07) is -0.395. The van der Waals surface area contributed by atoms with E-state index in [0.717, 1.165) is 13.2 Å². The van der Waals surface area contributed by atoms with Gasteiger partial charge >= 0.3 is 23.9 Å². The third-order valence-corrected chi connectivity index (χ3v) is 14.3. The number of aliphatic hydroxyl groups excluding tert-OH is 1. The molecule has 22 heteroatoms. The number of methoxy groups -OCH3 is 1. The summed E-state index contributed by atoms with van der Waals surface area (Å²) in [6.07, 6.45) is -6.28. The first-order valence-electron chi connectivity index (χ1n) is 24.0. The van der Waals surface area contributed by atoms with Gasteiger partial charge in [-0.05, 0) is 74.9 Å². The normalized spacial score (nSPS) is 40.1. The van der Waals surface area contributed by atoms with Crippen LogP contribution in [0.2, 0.25) is 0 Å². The molecule has 18 atom stereocenters. The van der Waals surface area contributed by atoms with E-state index in [9.17, 15) is 37.8 Å². The molecule has 3 rings (SSSR count). The summed E-state index contributed by atoms with van der Waals surface area (Å²) in [6.45, 7) is 20.1. The topological polar surface area (TPSA) is 260 Å². The second kappa shape index (κ2) is 25.7. The monoisotopic (exact) mass is 1020 g/mol. The number of carbonyl (C=O) groups excluding carboxylic acids is 4. The molecule has 0 radical (unpaired) electrons. The third-order valence-electron chi connectivity index (χ3n) is 13.7. The number of rotatable bonds is 16. The minimum atomic E-state index is -3.78. The number of ether oxygens (including phenoxy) is 9. The van der Waals surface area contributed by atoms with Crippen LogP contribution in [0.3, 0.4) is 0 Å². The molecule has 404 valence electrons. The van der Waals surface area contributed by atoms with Crippen LogP contribution in [0, 0.1) is 23.7 Å². The van der Waals surface area contributed by atoms with Crippen LogP contribution in [-0.2, 0) is 80.9 Å². The average Bonchev–Trinajstić information content (AvgIpc) is 3.24. The van der Waals surface area contributed by atoms with Gasteiger partial charge in [0.1, 0.15) is 17.3 Å². The molecule has 0 aromatic heterocycles. The van der Waals surface area contributed by atoms with Gasteiger partial charge in [0.2, 0.25) is 0 Å². The van der Waals surface area contributed by atoms with Crippen molar-refractivity contribution < 1.29 is 89.5 Å². The number of esters is 3. The maximum Gasteiger partial charge on any atom is 0.331 e. The number of cyclic esters (lactones) is 1. The Balaban J connectivity index is 2.45. The van der Waals surface area contributed by atoms with Crippen LogP contribution in [0.4, 0.5) is 0 Å². The molecule has 3 aliphatic heterocycles. The molecule has 3 aliphatic rings. The standard InChI is InChI=1S/C48H82N2O19S/c1-18-36-48(13,56)41(54)28(4)38(49-69-34(10)53)26(2)24-47(12,60-21-19-20-22-61-70(17,57)58)42(68-45-40(64-32(8)51)35(50(14)15)23-27(3)62-45)29(5)39(30(6)44(55)66-36)67-37-25-46(11,59-16)43(31(7)63-37)65-33(9)52/h19-20,26-31,35-37,39-43,45,54,56H,18,21-25H2,1-17H3/b20-19+,49-38?/t26-,27-,28+,29+,30-,31+,35+,36-,37?,39+,40-,41-,42-,43+,45+,46-,47-,48-/m1/s1. The highest BCUT2D eigenvalue weighted by molar-refractivity contribution is 7.86. The molecular weight excluding hydrogens is 941 g/mol. The highest BCUT2D eigenvalue weighted by Gasteiger charge is 2.55. The Morgan fingerprint density at radius 3 is 2.01 bits per heavy atom. The molecule has 0 spiro atoms. The third kappa shape index (κ3) is 16.2. The van der Waals surface area contributed by atoms with Gasteiger partial charge in [-0.3, -0.25) is 18.6 Å². The molecule has 3 heterocycles. The molecule has 0 aromatic carbocycles. The van der Waals surface area contributed by atoms with Gasteiger partial charge < -0.3 is 62.6 Å². The molecule has 0 aromatic rings. The van der Waals surface area contributed by atoms with Crippen molar-refractivity contribution in [1.82, 2.24) is 4.90 Å². The average molecular weight is 1020 g/mol. The predicted octanol–water partition coefficient (Wildman–Crippen LogP) is 3.83. The van der Waals surface area contributed by atoms with Crippen LogP contribution in [-0.4, -0.2) is 178 Å². The number of hydrogen-bond donors (Lipinski definition) is 2. The first-order valence-corrected chi connectivity index (χ1v) is 25.8. The van der Waals surface area contributed by atoms with Crippen LogP contribution < -0.4 is 0 Å². The van der Waals surface area contributed by atoms with E-state index in [1.165, 1.54) is 34.0 Å². The van der Waals surface area contributed by atoms with E-state index < -0.39 is 142 Å². The van der Waals surface area contributed by atoms with Crippen molar-refractivity contribution in [2.24, 2.45) is 28.8 Å². The zero-order valence-electron chi connectivity index (χ0n) is 44.2. The van der Waals surface area contributed by atoms with Crippen molar-refractivity contribution in [2.45, 2.75) is 200 Å². The lowest BCUT2D eigenvalue weighted by atomic mass is 9.73. The zero-order valence-corrected chi connectivity index (χ0v) is 45.0. The number of nitrogens with zero attached hydrogens (tertiary/aromatic N) is 2. The van der Waals surface area contributed by atoms with E-state index in [-0.39, 0.29) is 38.2 Å². The molecule has 1 unspecified atom stereocenters. The number of oxime groups is 1. The highest BCUT2D eigenvalue weighted by Crippen LogP contribution is 2.43. The van der Waals surface area contributed by atoms with E-state index in [4.69, 9.17) is 51.7 Å². The Hall–Kier alpha value is -3.16. The van der Waals surface area contributed by atoms with E-state index in [1.807, 2.05) is 25.9 Å². The van der Waals surface area contributed by atoms with Crippen molar-refractivity contribution in [1.29, 1.82) is 0 Å². The second-order valence-corrected chi connectivity index (χ2v) is 21.7. The van der Waals surface area contributed by atoms with Crippen molar-refractivity contribution in [2.75, 3.05) is 40.7 Å². The SMILES string of the molecule is CC[C@H]1OC(=O)[C@H](C)[C@@H](OC2C[C@@](C)(OC)[C@@H](OC(C)=O)[C@H](C)O2)[C@H](C)[C@@H](O[C@@H]2O[C@H](C)C[C@H](N(C)C)[C@H]2OC(C)=O)[C@](C)(OC/C=C/COS(C)(=O)=O)C[C@@H](C)C(=NOC(C)=O)[C@H](C)[C@@H](O)[C@]1(C)O. The van der Waals surface area contributed by atoms with E-state index in [1.54, 1.807) is 61.5 Å². The molecule has 2 N–H and O–H groups in total. The number of carbonyl (C=O) groups is 4. The molecular formula is C48H82N2O19S. The van der Waals surface area contributed by atoms with E-state index >= 15 is 0 Å². The Morgan fingerprint density at radius 2 is 1.47 bits per heavy atom. The second-order valence-electron chi connectivity index (χ2n) is 20.1. The fourth-order valence-electron chi connectivity index (χ4n) is 10.1. The summed E-state index contributed by atoms with van der Waals surface area (Å²) in [5.74, 6) is -6.61. The van der Waals surface area contributed by atoms with Crippen molar-refractivity contribution >= 4 is 39.7 Å². The highest BCUT2D eigenvalue weighted by atomic mass is 32.2. The summed E-state index contributed by atoms with van der Waals surface area (Å²) >= 11 is 0. The van der Waals surface area contributed by atoms with Gasteiger partial charge in [-0.25, -0.2) is 4.79 Å². The van der Waals surface area contributed by atoms with Gasteiger partial charge in [-0.15, -0.1) is 0 Å². The van der Waals surface area contributed by atoms with Crippen LogP contribution in [0.25, 0.3) is 0 Å². The number of aliphatic hydroxyl groups is 2. The summed E-state index contributed by atoms with van der Waals surface area (Å²) in [4.78, 5) is 59.3. The summed E-state index contributed by atoms with van der Waals surface area (Å²) in [5, 5.41) is 28.4. The van der Waals surface area contributed by atoms with Crippen molar-refractivity contribution in [3.8, 4) is 0 Å². The van der Waals surface area contributed by atoms with E-state index in [2.05, 4.69) is 5.16 Å². The lowest BCUT2D eigenvalue weighted by Crippen LogP contribution is -2.62. The Kier molecular flexibility index (Phi) is 22.4. The molecule has 3 saturated heterocycles. The summed E-state index contributed by atoms with van der Waals surface area (Å²) in [7, 11) is 1.39. The minimum absolute atomic E-state index is 0.0160. The Labute approximate surface area is 414 Å². The van der Waals surface area contributed by atoms with Crippen LogP contribution in [0.1, 0.15) is 116 Å². The Morgan fingerprint density at radius 1 is 0.857 bits per heavy atom. The quantitative estimate of drug-likeness (QED) is 0.0556. The van der Waals surface area contributed by atoms with Crippen molar-refractivity contribution in [3.05, 3.63) is 12.2 Å². The van der Waals surface area contributed by atoms with Crippen LogP contribution >= 0.6 is 0 Å². The van der Waals surface area contributed by atoms with Gasteiger partial charge in [0.15, 0.2) is 24.8 Å². The molecule has 21 nitrogen and oxygen atoms in total. The summed E-state index contributed by atoms with van der Waals surface area (Å²) < 4.78 is 86.2. The van der Waals surface area contributed by atoms with Gasteiger partial charge in [0, 0.05) is 52.1 Å². The molecule has 0 amide bonds.